The van der Waals surface area contributed by atoms with Crippen LogP contribution in [0.3, 0.4) is 0 Å². The van der Waals surface area contributed by atoms with Crippen molar-refractivity contribution in [1.29, 1.82) is 0 Å². The Morgan fingerprint density at radius 2 is 2.39 bits per heavy atom. The van der Waals surface area contributed by atoms with Crippen molar-refractivity contribution in [3.8, 4) is 0 Å². The Morgan fingerprint density at radius 3 is 3.17 bits per heavy atom. The Hall–Kier alpha value is -1.83. The Labute approximate surface area is 138 Å². The van der Waals surface area contributed by atoms with Crippen molar-refractivity contribution in [1.82, 2.24) is 20.2 Å². The van der Waals surface area contributed by atoms with E-state index in [2.05, 4.69) is 37.7 Å². The number of nitrogens with one attached hydrogen (secondary N) is 1. The van der Waals surface area contributed by atoms with Gasteiger partial charge in [-0.2, -0.15) is 0 Å². The second-order valence-corrected chi connectivity index (χ2v) is 6.98. The summed E-state index contributed by atoms with van der Waals surface area (Å²) in [7, 11) is 0. The van der Waals surface area contributed by atoms with Crippen LogP contribution >= 0.6 is 11.3 Å². The summed E-state index contributed by atoms with van der Waals surface area (Å²) < 4.78 is 5.66. The highest BCUT2D eigenvalue weighted by Crippen LogP contribution is 2.32. The third kappa shape index (κ3) is 2.99. The van der Waals surface area contributed by atoms with Crippen LogP contribution in [0.25, 0.3) is 0 Å². The van der Waals surface area contributed by atoms with Gasteiger partial charge in [0.1, 0.15) is 5.69 Å². The largest absolute Gasteiger partial charge is 0.379 e. The number of aromatic nitrogens is 2. The van der Waals surface area contributed by atoms with Crippen molar-refractivity contribution < 1.29 is 9.53 Å². The van der Waals surface area contributed by atoms with Gasteiger partial charge in [-0.3, -0.25) is 14.7 Å². The minimum atomic E-state index is -0.160. The third-order valence-electron chi connectivity index (χ3n) is 4.56. The standard InChI is InChI=1S/C16H18N4O2S/c21-16(13-6-17-3-4-18-13)19-14-8-20(7-11-2-1-5-23-11)15-10-22-9-12(14)15/h1-6,12,14-15H,7-10H2,(H,19,21)/t12-,14-,15-/m1/s1. The maximum atomic E-state index is 12.3. The molecule has 0 aliphatic carbocycles. The summed E-state index contributed by atoms with van der Waals surface area (Å²) in [5, 5.41) is 5.22. The number of ether oxygens (including phenoxy) is 1. The highest BCUT2D eigenvalue weighted by molar-refractivity contribution is 7.09. The van der Waals surface area contributed by atoms with Gasteiger partial charge in [0.05, 0.1) is 19.4 Å². The molecule has 0 saturated carbocycles. The number of fused-ring (bicyclic) bond motifs is 1. The molecule has 6 nitrogen and oxygen atoms in total. The molecule has 1 N–H and O–H groups in total. The van der Waals surface area contributed by atoms with Crippen LogP contribution in [-0.4, -0.2) is 52.6 Å². The molecule has 2 aromatic rings. The van der Waals surface area contributed by atoms with E-state index in [4.69, 9.17) is 4.74 Å². The summed E-state index contributed by atoms with van der Waals surface area (Å²) in [5.41, 5.74) is 0.361. The summed E-state index contributed by atoms with van der Waals surface area (Å²) >= 11 is 1.77. The summed E-state index contributed by atoms with van der Waals surface area (Å²) in [6.07, 6.45) is 4.60. The fourth-order valence-corrected chi connectivity index (χ4v) is 4.17. The van der Waals surface area contributed by atoms with E-state index in [1.54, 1.807) is 17.5 Å². The van der Waals surface area contributed by atoms with E-state index in [0.29, 0.717) is 24.3 Å². The molecule has 4 heterocycles. The molecule has 0 spiro atoms. The minimum Gasteiger partial charge on any atom is -0.379 e. The Bertz CT molecular complexity index is 664. The van der Waals surface area contributed by atoms with Gasteiger partial charge in [-0.05, 0) is 11.4 Å². The molecular formula is C16H18N4O2S. The van der Waals surface area contributed by atoms with Crippen LogP contribution in [0.4, 0.5) is 0 Å². The minimum absolute atomic E-state index is 0.0944. The fraction of sp³-hybridized carbons (Fsp3) is 0.438. The molecule has 2 aliphatic rings. The number of hydrogen-bond acceptors (Lipinski definition) is 6. The van der Waals surface area contributed by atoms with Crippen LogP contribution in [0.1, 0.15) is 15.4 Å². The predicted octanol–water partition coefficient (Wildman–Crippen LogP) is 1.17. The van der Waals surface area contributed by atoms with Crippen molar-refractivity contribution in [3.05, 3.63) is 46.7 Å². The van der Waals surface area contributed by atoms with E-state index < -0.39 is 0 Å². The zero-order valence-corrected chi connectivity index (χ0v) is 13.4. The fourth-order valence-electron chi connectivity index (χ4n) is 3.44. The number of carbonyl (C=O) groups is 1. The van der Waals surface area contributed by atoms with Crippen LogP contribution in [-0.2, 0) is 11.3 Å². The lowest BCUT2D eigenvalue weighted by Gasteiger charge is -2.21. The lowest BCUT2D eigenvalue weighted by molar-refractivity contribution is 0.0910. The van der Waals surface area contributed by atoms with Crippen LogP contribution in [0.2, 0.25) is 0 Å². The monoisotopic (exact) mass is 330 g/mol. The summed E-state index contributed by atoms with van der Waals surface area (Å²) in [4.78, 5) is 24.1. The Morgan fingerprint density at radius 1 is 1.43 bits per heavy atom. The van der Waals surface area contributed by atoms with Gasteiger partial charge in [0.15, 0.2) is 0 Å². The molecule has 2 saturated heterocycles. The van der Waals surface area contributed by atoms with Gasteiger partial charge >= 0.3 is 0 Å². The number of carbonyl (C=O) groups excluding carboxylic acids is 1. The predicted molar refractivity (Wildman–Crippen MR) is 86.1 cm³/mol. The molecule has 120 valence electrons. The van der Waals surface area contributed by atoms with E-state index >= 15 is 0 Å². The van der Waals surface area contributed by atoms with Gasteiger partial charge in [0.25, 0.3) is 5.91 Å². The van der Waals surface area contributed by atoms with E-state index in [-0.39, 0.29) is 11.9 Å². The molecule has 2 fully saturated rings. The number of likely N-dealkylation sites (tertiary alicyclic amines) is 1. The highest BCUT2D eigenvalue weighted by atomic mass is 32.1. The molecule has 0 radical (unpaired) electrons. The molecule has 0 aromatic carbocycles. The lowest BCUT2D eigenvalue weighted by Crippen LogP contribution is -2.41. The first-order valence-corrected chi connectivity index (χ1v) is 8.60. The van der Waals surface area contributed by atoms with Crippen LogP contribution < -0.4 is 5.32 Å². The molecule has 7 heteroatoms. The van der Waals surface area contributed by atoms with Crippen molar-refractivity contribution in [3.63, 3.8) is 0 Å². The normalized spacial score (nSPS) is 27.0. The topological polar surface area (TPSA) is 67.4 Å². The van der Waals surface area contributed by atoms with Gasteiger partial charge < -0.3 is 10.1 Å². The van der Waals surface area contributed by atoms with Gasteiger partial charge in [0.2, 0.25) is 0 Å². The molecule has 23 heavy (non-hydrogen) atoms. The number of rotatable bonds is 4. The maximum Gasteiger partial charge on any atom is 0.271 e. The van der Waals surface area contributed by atoms with Crippen molar-refractivity contribution in [2.75, 3.05) is 19.8 Å². The van der Waals surface area contributed by atoms with Gasteiger partial charge in [-0.25, -0.2) is 4.98 Å². The number of thiophene rings is 1. The van der Waals surface area contributed by atoms with Crippen molar-refractivity contribution in [2.45, 2.75) is 18.6 Å². The number of amides is 1. The maximum absolute atomic E-state index is 12.3. The van der Waals surface area contributed by atoms with Gasteiger partial charge in [-0.15, -0.1) is 11.3 Å². The Kier molecular flexibility index (Phi) is 4.07. The van der Waals surface area contributed by atoms with E-state index in [1.165, 1.54) is 17.3 Å². The third-order valence-corrected chi connectivity index (χ3v) is 5.42. The van der Waals surface area contributed by atoms with Crippen molar-refractivity contribution in [2.24, 2.45) is 5.92 Å². The number of nitrogens with zero attached hydrogens (tertiary/aromatic N) is 3. The van der Waals surface area contributed by atoms with E-state index in [1.807, 2.05) is 0 Å². The quantitative estimate of drug-likeness (QED) is 0.911. The molecule has 2 aromatic heterocycles. The molecular weight excluding hydrogens is 312 g/mol. The first kappa shape index (κ1) is 14.7. The molecule has 1 amide bonds. The number of hydrogen-bond donors (Lipinski definition) is 1. The molecule has 4 rings (SSSR count). The average Bonchev–Trinajstić information content (AvgIpc) is 3.29. The molecule has 0 unspecified atom stereocenters. The van der Waals surface area contributed by atoms with E-state index in [9.17, 15) is 4.79 Å². The first-order chi connectivity index (χ1) is 11.3. The zero-order valence-electron chi connectivity index (χ0n) is 12.6. The first-order valence-electron chi connectivity index (χ1n) is 7.72. The average molecular weight is 330 g/mol. The molecule has 0 bridgehead atoms. The second-order valence-electron chi connectivity index (χ2n) is 5.95. The van der Waals surface area contributed by atoms with Gasteiger partial charge in [-0.1, -0.05) is 6.07 Å². The molecule has 3 atom stereocenters. The summed E-state index contributed by atoms with van der Waals surface area (Å²) in [6.45, 7) is 3.22. The summed E-state index contributed by atoms with van der Waals surface area (Å²) in [5.74, 6) is 0.183. The second kappa shape index (κ2) is 6.35. The highest BCUT2D eigenvalue weighted by Gasteiger charge is 2.45. The van der Waals surface area contributed by atoms with Crippen LogP contribution in [0.15, 0.2) is 36.1 Å². The lowest BCUT2D eigenvalue weighted by atomic mass is 10.00. The van der Waals surface area contributed by atoms with Crippen LogP contribution in [0.5, 0.6) is 0 Å². The van der Waals surface area contributed by atoms with Gasteiger partial charge in [0, 0.05) is 48.4 Å². The van der Waals surface area contributed by atoms with Crippen molar-refractivity contribution >= 4 is 17.2 Å². The SMILES string of the molecule is O=C(N[C@@H]1CN(Cc2cccs2)[C@@H]2COC[C@@H]21)c1cnccn1. The zero-order chi connectivity index (χ0) is 15.6. The van der Waals surface area contributed by atoms with Crippen LogP contribution in [0, 0.1) is 5.92 Å². The Balaban J connectivity index is 1.45. The van der Waals surface area contributed by atoms with E-state index in [0.717, 1.165) is 19.7 Å². The summed E-state index contributed by atoms with van der Waals surface area (Å²) in [6, 6.07) is 4.70. The smallest absolute Gasteiger partial charge is 0.271 e. The molecule has 2 aliphatic heterocycles.